The molecule has 0 heterocycles. The Labute approximate surface area is 132 Å². The summed E-state index contributed by atoms with van der Waals surface area (Å²) in [4.78, 5) is 22.4. The molecule has 1 rings (SSSR count). The monoisotopic (exact) mass is 312 g/mol. The van der Waals surface area contributed by atoms with Gasteiger partial charge in [0.15, 0.2) is 0 Å². The number of hydrogen-bond acceptors (Lipinski definition) is 5. The molecule has 0 aromatic rings. The molecule has 1 N–H and O–H groups in total. The summed E-state index contributed by atoms with van der Waals surface area (Å²) >= 11 is 0. The Morgan fingerprint density at radius 2 is 1.95 bits per heavy atom. The van der Waals surface area contributed by atoms with E-state index < -0.39 is 6.10 Å². The smallest absolute Gasteiger partial charge is 0.306 e. The molecule has 0 spiro atoms. The summed E-state index contributed by atoms with van der Waals surface area (Å²) in [5.41, 5.74) is 1.02. The van der Waals surface area contributed by atoms with E-state index in [4.69, 9.17) is 9.47 Å². The minimum Gasteiger partial charge on any atom is -0.463 e. The fourth-order valence-corrected chi connectivity index (χ4v) is 2.64. The third-order valence-corrected chi connectivity index (χ3v) is 3.55. The van der Waals surface area contributed by atoms with E-state index in [9.17, 15) is 14.7 Å². The fourth-order valence-electron chi connectivity index (χ4n) is 2.64. The first-order chi connectivity index (χ1) is 10.4. The Kier molecular flexibility index (Phi) is 8.17. The average molecular weight is 312 g/mol. The summed E-state index contributed by atoms with van der Waals surface area (Å²) in [5, 5.41) is 9.64. The van der Waals surface area contributed by atoms with Gasteiger partial charge in [0.2, 0.25) is 0 Å². The van der Waals surface area contributed by atoms with Gasteiger partial charge in [0.05, 0.1) is 12.2 Å². The number of hydrogen-bond donors (Lipinski definition) is 1. The van der Waals surface area contributed by atoms with Gasteiger partial charge in [-0.1, -0.05) is 18.9 Å². The van der Waals surface area contributed by atoms with Crippen molar-refractivity contribution in [2.24, 2.45) is 0 Å². The minimum atomic E-state index is -0.509. The highest BCUT2D eigenvalue weighted by molar-refractivity contribution is 5.69. The topological polar surface area (TPSA) is 72.8 Å². The van der Waals surface area contributed by atoms with Gasteiger partial charge in [-0.3, -0.25) is 9.59 Å². The van der Waals surface area contributed by atoms with Crippen LogP contribution >= 0.6 is 0 Å². The zero-order chi connectivity index (χ0) is 16.5. The van der Waals surface area contributed by atoms with Gasteiger partial charge in [-0.25, -0.2) is 0 Å². The molecule has 0 saturated carbocycles. The molecular formula is C17H28O5. The second-order valence-electron chi connectivity index (χ2n) is 6.10. The lowest BCUT2D eigenvalue weighted by atomic mass is 10.0. The second kappa shape index (κ2) is 9.62. The standard InChI is InChI=1S/C17H28O5/c1-12(2)21-17(20)9-7-5-4-6-8-14-10-15(19)11-16(14)22-13(3)18/h10,12,15-16,19H,4-9,11H2,1-3H3/t15-,16-/m1/s1. The number of aliphatic hydroxyl groups is 1. The maximum absolute atomic E-state index is 11.4. The van der Waals surface area contributed by atoms with Crippen LogP contribution in [0.2, 0.25) is 0 Å². The highest BCUT2D eigenvalue weighted by Crippen LogP contribution is 2.27. The normalized spacial score (nSPS) is 20.9. The second-order valence-corrected chi connectivity index (χ2v) is 6.10. The highest BCUT2D eigenvalue weighted by Gasteiger charge is 2.26. The molecule has 1 aliphatic carbocycles. The maximum atomic E-state index is 11.4. The van der Waals surface area contributed by atoms with Crippen molar-refractivity contribution in [3.63, 3.8) is 0 Å². The summed E-state index contributed by atoms with van der Waals surface area (Å²) in [5.74, 6) is -0.444. The van der Waals surface area contributed by atoms with Gasteiger partial charge >= 0.3 is 11.9 Å². The molecular weight excluding hydrogens is 284 g/mol. The average Bonchev–Trinajstić information content (AvgIpc) is 2.72. The Morgan fingerprint density at radius 1 is 1.27 bits per heavy atom. The Bertz CT molecular complexity index is 400. The molecule has 22 heavy (non-hydrogen) atoms. The lowest BCUT2D eigenvalue weighted by molar-refractivity contribution is -0.147. The Balaban J connectivity index is 2.14. The first kappa shape index (κ1) is 18.7. The van der Waals surface area contributed by atoms with E-state index >= 15 is 0 Å². The van der Waals surface area contributed by atoms with Crippen LogP contribution in [0.3, 0.4) is 0 Å². The van der Waals surface area contributed by atoms with Crippen molar-refractivity contribution in [2.45, 2.75) is 84.0 Å². The van der Waals surface area contributed by atoms with E-state index in [0.717, 1.165) is 37.7 Å². The highest BCUT2D eigenvalue weighted by atomic mass is 16.5. The summed E-state index contributed by atoms with van der Waals surface area (Å²) in [6.07, 6.45) is 6.52. The van der Waals surface area contributed by atoms with Crippen LogP contribution in [0, 0.1) is 0 Å². The largest absolute Gasteiger partial charge is 0.463 e. The van der Waals surface area contributed by atoms with Crippen molar-refractivity contribution in [3.8, 4) is 0 Å². The molecule has 0 aromatic carbocycles. The molecule has 2 atom stereocenters. The van der Waals surface area contributed by atoms with Crippen LogP contribution < -0.4 is 0 Å². The zero-order valence-corrected chi connectivity index (χ0v) is 13.8. The zero-order valence-electron chi connectivity index (χ0n) is 13.8. The van der Waals surface area contributed by atoms with Gasteiger partial charge in [-0.2, -0.15) is 0 Å². The molecule has 0 bridgehead atoms. The molecule has 1 aliphatic rings. The summed E-state index contributed by atoms with van der Waals surface area (Å²) in [6, 6.07) is 0. The van der Waals surface area contributed by atoms with Crippen LogP contribution in [0.25, 0.3) is 0 Å². The predicted molar refractivity (Wildman–Crippen MR) is 83.2 cm³/mol. The lowest BCUT2D eigenvalue weighted by Gasteiger charge is -2.15. The first-order valence-corrected chi connectivity index (χ1v) is 8.14. The molecule has 126 valence electrons. The van der Waals surface area contributed by atoms with E-state index in [1.54, 1.807) is 6.08 Å². The van der Waals surface area contributed by atoms with Crippen molar-refractivity contribution in [1.82, 2.24) is 0 Å². The minimum absolute atomic E-state index is 0.0496. The van der Waals surface area contributed by atoms with Crippen molar-refractivity contribution in [2.75, 3.05) is 0 Å². The van der Waals surface area contributed by atoms with Gasteiger partial charge in [0, 0.05) is 19.8 Å². The number of carbonyl (C=O) groups excluding carboxylic acids is 2. The number of aliphatic hydroxyl groups excluding tert-OH is 1. The van der Waals surface area contributed by atoms with Crippen molar-refractivity contribution in [3.05, 3.63) is 11.6 Å². The first-order valence-electron chi connectivity index (χ1n) is 8.14. The molecule has 5 nitrogen and oxygen atoms in total. The van der Waals surface area contributed by atoms with E-state index in [-0.39, 0.29) is 24.1 Å². The fraction of sp³-hybridized carbons (Fsp3) is 0.765. The molecule has 0 aliphatic heterocycles. The summed E-state index contributed by atoms with van der Waals surface area (Å²) in [7, 11) is 0. The van der Waals surface area contributed by atoms with Crippen LogP contribution in [0.4, 0.5) is 0 Å². The predicted octanol–water partition coefficient (Wildman–Crippen LogP) is 2.90. The van der Waals surface area contributed by atoms with Gasteiger partial charge < -0.3 is 14.6 Å². The maximum Gasteiger partial charge on any atom is 0.306 e. The molecule has 0 saturated heterocycles. The van der Waals surface area contributed by atoms with E-state index in [0.29, 0.717) is 12.8 Å². The summed E-state index contributed by atoms with van der Waals surface area (Å²) in [6.45, 7) is 5.08. The van der Waals surface area contributed by atoms with E-state index in [1.807, 2.05) is 13.8 Å². The SMILES string of the molecule is CC(=O)O[C@@H]1C[C@H](O)C=C1CCCCCCC(=O)OC(C)C. The molecule has 0 radical (unpaired) electrons. The van der Waals surface area contributed by atoms with Crippen molar-refractivity contribution >= 4 is 11.9 Å². The van der Waals surface area contributed by atoms with Crippen molar-refractivity contribution in [1.29, 1.82) is 0 Å². The number of carbonyl (C=O) groups is 2. The number of unbranched alkanes of at least 4 members (excludes halogenated alkanes) is 3. The van der Waals surface area contributed by atoms with Gasteiger partial charge in [0.1, 0.15) is 6.10 Å². The van der Waals surface area contributed by atoms with Crippen LogP contribution in [-0.2, 0) is 19.1 Å². The number of rotatable bonds is 9. The molecule has 0 aromatic heterocycles. The number of esters is 2. The van der Waals surface area contributed by atoms with Crippen molar-refractivity contribution < 1.29 is 24.2 Å². The molecule has 0 amide bonds. The molecule has 5 heteroatoms. The van der Waals surface area contributed by atoms with Crippen LogP contribution in [0.15, 0.2) is 11.6 Å². The van der Waals surface area contributed by atoms with Crippen LogP contribution in [0.5, 0.6) is 0 Å². The quantitative estimate of drug-likeness (QED) is 0.402. The lowest BCUT2D eigenvalue weighted by Crippen LogP contribution is -2.17. The molecule has 0 fully saturated rings. The molecule has 0 unspecified atom stereocenters. The van der Waals surface area contributed by atoms with E-state index in [1.165, 1.54) is 6.92 Å². The Morgan fingerprint density at radius 3 is 2.59 bits per heavy atom. The van der Waals surface area contributed by atoms with Crippen LogP contribution in [-0.4, -0.2) is 35.4 Å². The Hall–Kier alpha value is -1.36. The van der Waals surface area contributed by atoms with Gasteiger partial charge in [-0.15, -0.1) is 0 Å². The van der Waals surface area contributed by atoms with Gasteiger partial charge in [0.25, 0.3) is 0 Å². The summed E-state index contributed by atoms with van der Waals surface area (Å²) < 4.78 is 10.3. The number of ether oxygens (including phenoxy) is 2. The van der Waals surface area contributed by atoms with Crippen LogP contribution in [0.1, 0.15) is 65.7 Å². The van der Waals surface area contributed by atoms with Gasteiger partial charge in [-0.05, 0) is 38.7 Å². The third-order valence-electron chi connectivity index (χ3n) is 3.55. The third kappa shape index (κ3) is 7.59. The van der Waals surface area contributed by atoms with E-state index in [2.05, 4.69) is 0 Å².